The summed E-state index contributed by atoms with van der Waals surface area (Å²) in [6.07, 6.45) is 5.18. The average molecular weight is 265 g/mol. The largest absolute Gasteiger partial charge is 0.399 e. The highest BCUT2D eigenvalue weighted by Crippen LogP contribution is 2.28. The molecule has 0 atom stereocenters. The number of imidazole rings is 1. The van der Waals surface area contributed by atoms with Gasteiger partial charge < -0.3 is 10.1 Å². The van der Waals surface area contributed by atoms with Crippen LogP contribution in [0, 0.1) is 0 Å². The third-order valence-corrected chi connectivity index (χ3v) is 5.19. The maximum atomic E-state index is 11.4. The fourth-order valence-electron chi connectivity index (χ4n) is 2.40. The van der Waals surface area contributed by atoms with Crippen LogP contribution in [-0.4, -0.2) is 29.3 Å². The molecule has 18 heavy (non-hydrogen) atoms. The molecule has 1 fully saturated rings. The number of anilines is 1. The maximum Gasteiger partial charge on any atom is 0.150 e. The first-order valence-corrected chi connectivity index (χ1v) is 7.80. The normalized spacial score (nSPS) is 20.2. The smallest absolute Gasteiger partial charge is 0.150 e. The van der Waals surface area contributed by atoms with Crippen molar-refractivity contribution < 1.29 is 8.42 Å². The molecule has 0 unspecified atom stereocenters. The van der Waals surface area contributed by atoms with E-state index in [0.29, 0.717) is 18.5 Å². The lowest BCUT2D eigenvalue weighted by Crippen LogP contribution is -2.22. The third kappa shape index (κ3) is 2.08. The van der Waals surface area contributed by atoms with E-state index in [1.165, 1.54) is 0 Å². The van der Waals surface area contributed by atoms with Crippen LogP contribution < -0.4 is 5.73 Å². The van der Waals surface area contributed by atoms with Crippen LogP contribution in [0.5, 0.6) is 0 Å². The first-order valence-electron chi connectivity index (χ1n) is 5.98. The molecule has 6 heteroatoms. The predicted octanol–water partition coefficient (Wildman–Crippen LogP) is 1.21. The molecule has 0 spiro atoms. The van der Waals surface area contributed by atoms with Crippen molar-refractivity contribution >= 4 is 21.2 Å². The van der Waals surface area contributed by atoms with Gasteiger partial charge in [0.2, 0.25) is 0 Å². The van der Waals surface area contributed by atoms with E-state index >= 15 is 0 Å². The lowest BCUT2D eigenvalue weighted by atomic mass is 10.00. The maximum absolute atomic E-state index is 11.4. The van der Waals surface area contributed by atoms with Crippen molar-refractivity contribution in [1.29, 1.82) is 0 Å². The van der Waals surface area contributed by atoms with E-state index in [-0.39, 0.29) is 17.4 Å². The van der Waals surface area contributed by atoms with Gasteiger partial charge in [-0.3, -0.25) is 0 Å². The van der Waals surface area contributed by atoms with Gasteiger partial charge in [0.05, 0.1) is 17.2 Å². The number of hydrogen-bond donors (Lipinski definition) is 1. The highest BCUT2D eigenvalue weighted by molar-refractivity contribution is 7.91. The van der Waals surface area contributed by atoms with Crippen LogP contribution >= 0.6 is 0 Å². The predicted molar refractivity (Wildman–Crippen MR) is 70.2 cm³/mol. The summed E-state index contributed by atoms with van der Waals surface area (Å²) >= 11 is 0. The minimum atomic E-state index is -2.82. The summed E-state index contributed by atoms with van der Waals surface area (Å²) in [7, 11) is -2.82. The van der Waals surface area contributed by atoms with Crippen LogP contribution in [0.2, 0.25) is 0 Å². The van der Waals surface area contributed by atoms with Gasteiger partial charge in [-0.25, -0.2) is 13.4 Å². The fourth-order valence-corrected chi connectivity index (χ4v) is 3.89. The lowest BCUT2D eigenvalue weighted by molar-refractivity contribution is 0.546. The third-order valence-electron chi connectivity index (χ3n) is 3.48. The average Bonchev–Trinajstić information content (AvgIpc) is 2.71. The molecule has 1 aliphatic rings. The van der Waals surface area contributed by atoms with Crippen molar-refractivity contribution in [2.45, 2.75) is 18.8 Å². The molecular weight excluding hydrogens is 250 g/mol. The molecule has 96 valence electrons. The van der Waals surface area contributed by atoms with Crippen molar-refractivity contribution in [1.82, 2.24) is 9.38 Å². The number of hydrogen-bond acceptors (Lipinski definition) is 4. The van der Waals surface area contributed by atoms with Gasteiger partial charge in [-0.15, -0.1) is 0 Å². The van der Waals surface area contributed by atoms with Gasteiger partial charge in [0.1, 0.15) is 15.5 Å². The molecule has 3 rings (SSSR count). The standard InChI is InChI=1S/C12H15N3O2S/c13-10-1-4-15-8-11(14-12(15)7-10)9-2-5-18(16,17)6-3-9/h1,4,7-9H,2-3,5-6,13H2. The van der Waals surface area contributed by atoms with E-state index in [9.17, 15) is 8.42 Å². The Labute approximate surface area is 106 Å². The van der Waals surface area contributed by atoms with E-state index in [2.05, 4.69) is 4.98 Å². The number of pyridine rings is 1. The van der Waals surface area contributed by atoms with Crippen LogP contribution in [0.1, 0.15) is 24.5 Å². The zero-order valence-corrected chi connectivity index (χ0v) is 10.7. The van der Waals surface area contributed by atoms with E-state index in [1.807, 2.05) is 28.9 Å². The van der Waals surface area contributed by atoms with Crippen molar-refractivity contribution in [3.63, 3.8) is 0 Å². The molecule has 2 N–H and O–H groups in total. The molecule has 3 heterocycles. The number of sulfone groups is 1. The summed E-state index contributed by atoms with van der Waals surface area (Å²) in [5, 5.41) is 0. The first kappa shape index (κ1) is 11.5. The van der Waals surface area contributed by atoms with Gasteiger partial charge >= 0.3 is 0 Å². The van der Waals surface area contributed by atoms with E-state index in [4.69, 9.17) is 5.73 Å². The van der Waals surface area contributed by atoms with Gasteiger partial charge in [-0.1, -0.05) is 0 Å². The quantitative estimate of drug-likeness (QED) is 0.840. The summed E-state index contributed by atoms with van der Waals surface area (Å²) in [4.78, 5) is 4.53. The van der Waals surface area contributed by atoms with Gasteiger partial charge in [-0.2, -0.15) is 0 Å². The number of nitrogens with zero attached hydrogens (tertiary/aromatic N) is 2. The van der Waals surface area contributed by atoms with Gasteiger partial charge in [0, 0.05) is 30.1 Å². The first-order chi connectivity index (χ1) is 8.53. The highest BCUT2D eigenvalue weighted by atomic mass is 32.2. The molecule has 0 bridgehead atoms. The molecule has 5 nitrogen and oxygen atoms in total. The Kier molecular flexibility index (Phi) is 2.55. The van der Waals surface area contributed by atoms with E-state index < -0.39 is 9.84 Å². The topological polar surface area (TPSA) is 77.5 Å². The second-order valence-corrected chi connectivity index (χ2v) is 7.12. The molecule has 0 aliphatic carbocycles. The summed E-state index contributed by atoms with van der Waals surface area (Å²) in [6, 6.07) is 3.65. The Balaban J connectivity index is 1.91. The highest BCUT2D eigenvalue weighted by Gasteiger charge is 2.26. The molecule has 1 aliphatic heterocycles. The summed E-state index contributed by atoms with van der Waals surface area (Å²) in [5.74, 6) is 0.788. The molecule has 0 radical (unpaired) electrons. The molecule has 1 saturated heterocycles. The van der Waals surface area contributed by atoms with Gasteiger partial charge in [0.25, 0.3) is 0 Å². The van der Waals surface area contributed by atoms with Crippen molar-refractivity contribution in [3.05, 3.63) is 30.2 Å². The van der Waals surface area contributed by atoms with E-state index in [0.717, 1.165) is 11.3 Å². The Morgan fingerprint density at radius 1 is 1.33 bits per heavy atom. The summed E-state index contributed by atoms with van der Waals surface area (Å²) in [6.45, 7) is 0. The zero-order valence-electron chi connectivity index (χ0n) is 9.91. The van der Waals surface area contributed by atoms with Crippen LogP contribution in [-0.2, 0) is 9.84 Å². The Bertz CT molecular complexity index is 676. The summed E-state index contributed by atoms with van der Waals surface area (Å²) in [5.41, 5.74) is 8.19. The van der Waals surface area contributed by atoms with Crippen LogP contribution in [0.25, 0.3) is 5.65 Å². The van der Waals surface area contributed by atoms with E-state index in [1.54, 1.807) is 0 Å². The number of aromatic nitrogens is 2. The molecule has 0 amide bonds. The monoisotopic (exact) mass is 265 g/mol. The number of nitrogen functional groups attached to an aromatic ring is 1. The van der Waals surface area contributed by atoms with Crippen LogP contribution in [0.15, 0.2) is 24.5 Å². The van der Waals surface area contributed by atoms with Crippen molar-refractivity contribution in [2.24, 2.45) is 0 Å². The minimum absolute atomic E-state index is 0.245. The number of nitrogens with two attached hydrogens (primary N) is 1. The SMILES string of the molecule is Nc1ccn2cc(C3CCS(=O)(=O)CC3)nc2c1. The number of rotatable bonds is 1. The molecule has 0 saturated carbocycles. The second-order valence-electron chi connectivity index (χ2n) is 4.82. The molecule has 2 aromatic rings. The second kappa shape index (κ2) is 3.98. The van der Waals surface area contributed by atoms with Gasteiger partial charge in [0.15, 0.2) is 0 Å². The number of fused-ring (bicyclic) bond motifs is 1. The molecule has 2 aromatic heterocycles. The zero-order chi connectivity index (χ0) is 12.8. The molecule has 0 aromatic carbocycles. The van der Waals surface area contributed by atoms with Crippen molar-refractivity contribution in [2.75, 3.05) is 17.2 Å². The lowest BCUT2D eigenvalue weighted by Gasteiger charge is -2.19. The fraction of sp³-hybridized carbons (Fsp3) is 0.417. The van der Waals surface area contributed by atoms with Crippen LogP contribution in [0.4, 0.5) is 5.69 Å². The molecular formula is C12H15N3O2S. The Hall–Kier alpha value is -1.56. The van der Waals surface area contributed by atoms with Crippen LogP contribution in [0.3, 0.4) is 0 Å². The Morgan fingerprint density at radius 3 is 2.78 bits per heavy atom. The minimum Gasteiger partial charge on any atom is -0.399 e. The Morgan fingerprint density at radius 2 is 2.06 bits per heavy atom. The van der Waals surface area contributed by atoms with Gasteiger partial charge in [-0.05, 0) is 18.9 Å². The summed E-state index contributed by atoms with van der Waals surface area (Å²) < 4.78 is 24.7. The van der Waals surface area contributed by atoms with Crippen molar-refractivity contribution in [3.8, 4) is 0 Å².